The molecule has 0 spiro atoms. The molecule has 1 amide bonds. The Morgan fingerprint density at radius 1 is 1.50 bits per heavy atom. The molecule has 1 aromatic carbocycles. The Kier molecular flexibility index (Phi) is 5.24. The predicted molar refractivity (Wildman–Crippen MR) is 67.6 cm³/mol. The highest BCUT2D eigenvalue weighted by Crippen LogP contribution is 2.19. The van der Waals surface area contributed by atoms with E-state index in [1.807, 2.05) is 0 Å². The number of halogens is 2. The van der Waals surface area contributed by atoms with E-state index in [4.69, 9.17) is 10.8 Å². The first kappa shape index (κ1) is 14.6. The number of nitrogens with one attached hydrogen (secondary N) is 1. The van der Waals surface area contributed by atoms with E-state index in [1.54, 1.807) is 6.07 Å². The van der Waals surface area contributed by atoms with Crippen molar-refractivity contribution in [1.29, 1.82) is 0 Å². The number of amides is 1. The van der Waals surface area contributed by atoms with Crippen molar-refractivity contribution in [2.45, 2.75) is 18.9 Å². The Bertz CT molecular complexity index is 468. The smallest absolute Gasteiger partial charge is 0.303 e. The van der Waals surface area contributed by atoms with E-state index >= 15 is 0 Å². The predicted octanol–water partition coefficient (Wildman–Crippen LogP) is 1.72. The van der Waals surface area contributed by atoms with Crippen LogP contribution in [0.15, 0.2) is 22.7 Å². The van der Waals surface area contributed by atoms with Crippen LogP contribution in [-0.4, -0.2) is 23.0 Å². The van der Waals surface area contributed by atoms with Crippen molar-refractivity contribution < 1.29 is 19.1 Å². The lowest BCUT2D eigenvalue weighted by Crippen LogP contribution is -2.36. The Morgan fingerprint density at radius 2 is 2.17 bits per heavy atom. The van der Waals surface area contributed by atoms with Crippen LogP contribution in [0.3, 0.4) is 0 Å². The van der Waals surface area contributed by atoms with Gasteiger partial charge in [0.25, 0.3) is 0 Å². The van der Waals surface area contributed by atoms with E-state index in [0.717, 1.165) is 0 Å². The molecule has 0 aliphatic rings. The number of carboxylic acids is 1. The summed E-state index contributed by atoms with van der Waals surface area (Å²) in [7, 11) is 0. The number of benzene rings is 1. The molecule has 7 heteroatoms. The lowest BCUT2D eigenvalue weighted by Gasteiger charge is -2.11. The number of carboxylic acid groups (broad SMARTS) is 1. The molecular weight excluding hydrogens is 307 g/mol. The van der Waals surface area contributed by atoms with Crippen molar-refractivity contribution in [2.24, 2.45) is 5.73 Å². The summed E-state index contributed by atoms with van der Waals surface area (Å²) in [6, 6.07) is 3.19. The molecule has 5 nitrogen and oxygen atoms in total. The zero-order chi connectivity index (χ0) is 13.7. The summed E-state index contributed by atoms with van der Waals surface area (Å²) >= 11 is 3.09. The standard InChI is InChI=1S/C11H12BrFN2O3/c12-6-1-3-9(7(13)5-6)15-11(18)8(14)2-4-10(16)17/h1,3,5,8H,2,4,14H2,(H,15,18)(H,16,17). The third-order valence-corrected chi connectivity index (χ3v) is 2.69. The summed E-state index contributed by atoms with van der Waals surface area (Å²) in [6.45, 7) is 0. The molecule has 0 radical (unpaired) electrons. The Balaban J connectivity index is 2.61. The third kappa shape index (κ3) is 4.42. The maximum Gasteiger partial charge on any atom is 0.303 e. The minimum Gasteiger partial charge on any atom is -0.481 e. The summed E-state index contributed by atoms with van der Waals surface area (Å²) in [4.78, 5) is 21.9. The van der Waals surface area contributed by atoms with Crippen LogP contribution < -0.4 is 11.1 Å². The van der Waals surface area contributed by atoms with Gasteiger partial charge in [-0.1, -0.05) is 15.9 Å². The largest absolute Gasteiger partial charge is 0.481 e. The summed E-state index contributed by atoms with van der Waals surface area (Å²) < 4.78 is 14.0. The van der Waals surface area contributed by atoms with Crippen LogP contribution in [0.1, 0.15) is 12.8 Å². The molecule has 1 rings (SSSR count). The SMILES string of the molecule is NC(CCC(=O)O)C(=O)Nc1ccc(Br)cc1F. The summed E-state index contributed by atoms with van der Waals surface area (Å²) in [5.41, 5.74) is 5.49. The molecule has 0 aliphatic heterocycles. The summed E-state index contributed by atoms with van der Waals surface area (Å²) in [5, 5.41) is 10.8. The summed E-state index contributed by atoms with van der Waals surface area (Å²) in [5.74, 6) is -2.24. The molecule has 1 atom stereocenters. The number of rotatable bonds is 5. The molecule has 98 valence electrons. The van der Waals surface area contributed by atoms with Crippen LogP contribution in [0, 0.1) is 5.82 Å². The molecule has 0 aliphatic carbocycles. The van der Waals surface area contributed by atoms with Crippen molar-refractivity contribution in [3.63, 3.8) is 0 Å². The van der Waals surface area contributed by atoms with Crippen molar-refractivity contribution in [2.75, 3.05) is 5.32 Å². The van der Waals surface area contributed by atoms with Gasteiger partial charge in [-0.2, -0.15) is 0 Å². The first-order chi connectivity index (χ1) is 8.40. The van der Waals surface area contributed by atoms with Crippen LogP contribution in [0.4, 0.5) is 10.1 Å². The zero-order valence-corrected chi connectivity index (χ0v) is 10.9. The molecule has 0 saturated carbocycles. The van der Waals surface area contributed by atoms with Gasteiger partial charge >= 0.3 is 5.97 Å². The summed E-state index contributed by atoms with van der Waals surface area (Å²) in [6.07, 6.45) is -0.212. The Morgan fingerprint density at radius 3 is 2.72 bits per heavy atom. The first-order valence-electron chi connectivity index (χ1n) is 5.13. The van der Waals surface area contributed by atoms with E-state index < -0.39 is 23.7 Å². The molecule has 0 bridgehead atoms. The first-order valence-corrected chi connectivity index (χ1v) is 5.92. The average molecular weight is 319 g/mol. The molecule has 4 N–H and O–H groups in total. The van der Waals surface area contributed by atoms with Crippen molar-refractivity contribution in [3.8, 4) is 0 Å². The molecule has 18 heavy (non-hydrogen) atoms. The fourth-order valence-corrected chi connectivity index (χ4v) is 1.56. The molecule has 1 unspecified atom stereocenters. The van der Waals surface area contributed by atoms with Crippen LogP contribution in [0.5, 0.6) is 0 Å². The van der Waals surface area contributed by atoms with Crippen LogP contribution in [0.25, 0.3) is 0 Å². The number of hydrogen-bond acceptors (Lipinski definition) is 3. The van der Waals surface area contributed by atoms with Gasteiger partial charge in [0.15, 0.2) is 0 Å². The molecular formula is C11H12BrFN2O3. The molecule has 0 saturated heterocycles. The van der Waals surface area contributed by atoms with Crippen LogP contribution in [0.2, 0.25) is 0 Å². The van der Waals surface area contributed by atoms with Crippen molar-refractivity contribution >= 4 is 33.5 Å². The highest BCUT2D eigenvalue weighted by atomic mass is 79.9. The quantitative estimate of drug-likeness (QED) is 0.770. The number of carbonyl (C=O) groups excluding carboxylic acids is 1. The van der Waals surface area contributed by atoms with E-state index in [-0.39, 0.29) is 18.5 Å². The van der Waals surface area contributed by atoms with E-state index in [2.05, 4.69) is 21.2 Å². The molecule has 1 aromatic rings. The number of aliphatic carboxylic acids is 1. The Labute approximate surface area is 111 Å². The molecule has 0 fully saturated rings. The van der Waals surface area contributed by atoms with Gasteiger partial charge in [-0.15, -0.1) is 0 Å². The fraction of sp³-hybridized carbons (Fsp3) is 0.273. The normalized spacial score (nSPS) is 11.9. The van der Waals surface area contributed by atoms with Gasteiger partial charge in [-0.25, -0.2) is 4.39 Å². The van der Waals surface area contributed by atoms with Crippen LogP contribution in [-0.2, 0) is 9.59 Å². The number of carbonyl (C=O) groups is 2. The van der Waals surface area contributed by atoms with Gasteiger partial charge in [-0.3, -0.25) is 9.59 Å². The van der Waals surface area contributed by atoms with Gasteiger partial charge in [0.05, 0.1) is 11.7 Å². The van der Waals surface area contributed by atoms with E-state index in [0.29, 0.717) is 4.47 Å². The van der Waals surface area contributed by atoms with Gasteiger partial charge in [-0.05, 0) is 24.6 Å². The second-order valence-electron chi connectivity index (χ2n) is 3.65. The minimum atomic E-state index is -1.03. The lowest BCUT2D eigenvalue weighted by molar-refractivity contribution is -0.137. The van der Waals surface area contributed by atoms with Crippen molar-refractivity contribution in [1.82, 2.24) is 0 Å². The van der Waals surface area contributed by atoms with E-state index in [9.17, 15) is 14.0 Å². The fourth-order valence-electron chi connectivity index (χ4n) is 1.23. The molecule has 0 aromatic heterocycles. The average Bonchev–Trinajstić information content (AvgIpc) is 2.29. The highest BCUT2D eigenvalue weighted by molar-refractivity contribution is 9.10. The highest BCUT2D eigenvalue weighted by Gasteiger charge is 2.16. The Hall–Kier alpha value is -1.47. The maximum atomic E-state index is 13.4. The van der Waals surface area contributed by atoms with Gasteiger partial charge in [0.1, 0.15) is 5.82 Å². The van der Waals surface area contributed by atoms with Gasteiger partial charge < -0.3 is 16.2 Å². The monoisotopic (exact) mass is 318 g/mol. The van der Waals surface area contributed by atoms with Crippen LogP contribution >= 0.6 is 15.9 Å². The number of anilines is 1. The topological polar surface area (TPSA) is 92.4 Å². The lowest BCUT2D eigenvalue weighted by atomic mass is 10.1. The van der Waals surface area contributed by atoms with Gasteiger partial charge in [0.2, 0.25) is 5.91 Å². The van der Waals surface area contributed by atoms with Crippen molar-refractivity contribution in [3.05, 3.63) is 28.5 Å². The number of nitrogens with two attached hydrogens (primary N) is 1. The second kappa shape index (κ2) is 6.46. The zero-order valence-electron chi connectivity index (χ0n) is 9.32. The minimum absolute atomic E-state index is 0.000681. The maximum absolute atomic E-state index is 13.4. The second-order valence-corrected chi connectivity index (χ2v) is 4.57. The van der Waals surface area contributed by atoms with E-state index in [1.165, 1.54) is 12.1 Å². The third-order valence-electron chi connectivity index (χ3n) is 2.19. The number of hydrogen-bond donors (Lipinski definition) is 3. The van der Waals surface area contributed by atoms with Gasteiger partial charge in [0, 0.05) is 10.9 Å². The molecule has 0 heterocycles.